The summed E-state index contributed by atoms with van der Waals surface area (Å²) >= 11 is 5.09. The van der Waals surface area contributed by atoms with Crippen LogP contribution in [0, 0.1) is 11.3 Å². The Balaban J connectivity index is 2.40. The molecule has 1 N–H and O–H groups in total. The lowest BCUT2D eigenvalue weighted by Crippen LogP contribution is -2.12. The molecular weight excluding hydrogens is 224 g/mol. The summed E-state index contributed by atoms with van der Waals surface area (Å²) in [5, 5.41) is 13.3. The molecule has 0 radical (unpaired) electrons. The number of nitriles is 1. The Morgan fingerprint density at radius 1 is 1.73 bits per heavy atom. The molecule has 58 valence electrons. The van der Waals surface area contributed by atoms with Crippen molar-refractivity contribution >= 4 is 27.3 Å². The van der Waals surface area contributed by atoms with Crippen molar-refractivity contribution in [2.24, 2.45) is 0 Å². The number of nitrogens with zero attached hydrogens (tertiary/aromatic N) is 1. The van der Waals surface area contributed by atoms with Gasteiger partial charge in [0.2, 0.25) is 0 Å². The van der Waals surface area contributed by atoms with Crippen molar-refractivity contribution in [1.29, 1.82) is 5.26 Å². The number of hydrogen-bond acceptors (Lipinski definition) is 3. The summed E-state index contributed by atoms with van der Waals surface area (Å²) in [4.78, 5) is 1.24. The van der Waals surface area contributed by atoms with Crippen LogP contribution in [0.5, 0.6) is 0 Å². The van der Waals surface area contributed by atoms with Crippen molar-refractivity contribution in [2.75, 3.05) is 6.54 Å². The van der Waals surface area contributed by atoms with E-state index in [0.29, 0.717) is 6.54 Å². The second kappa shape index (κ2) is 4.50. The maximum atomic E-state index is 8.24. The first kappa shape index (κ1) is 8.72. The zero-order valence-electron chi connectivity index (χ0n) is 5.80. The average molecular weight is 231 g/mol. The molecule has 0 saturated carbocycles. The van der Waals surface area contributed by atoms with Gasteiger partial charge in [-0.3, -0.25) is 5.32 Å². The molecule has 0 atom stereocenters. The van der Waals surface area contributed by atoms with E-state index in [-0.39, 0.29) is 0 Å². The molecular formula is C7H7BrN2S. The van der Waals surface area contributed by atoms with Gasteiger partial charge in [-0.25, -0.2) is 0 Å². The van der Waals surface area contributed by atoms with E-state index in [9.17, 15) is 0 Å². The van der Waals surface area contributed by atoms with Crippen LogP contribution in [0.15, 0.2) is 15.9 Å². The molecule has 1 heterocycles. The van der Waals surface area contributed by atoms with Crippen molar-refractivity contribution in [3.05, 3.63) is 20.8 Å². The van der Waals surface area contributed by atoms with Crippen molar-refractivity contribution in [3.63, 3.8) is 0 Å². The van der Waals surface area contributed by atoms with Crippen molar-refractivity contribution in [1.82, 2.24) is 5.32 Å². The van der Waals surface area contributed by atoms with E-state index in [1.165, 1.54) is 4.88 Å². The molecule has 0 amide bonds. The van der Waals surface area contributed by atoms with Gasteiger partial charge in [0.1, 0.15) is 0 Å². The molecule has 0 aromatic carbocycles. The van der Waals surface area contributed by atoms with Gasteiger partial charge in [-0.05, 0) is 27.4 Å². The summed E-state index contributed by atoms with van der Waals surface area (Å²) in [5.41, 5.74) is 0. The molecule has 0 aliphatic heterocycles. The lowest BCUT2D eigenvalue weighted by atomic mass is 10.4. The van der Waals surface area contributed by atoms with Gasteiger partial charge in [0.15, 0.2) is 0 Å². The van der Waals surface area contributed by atoms with Gasteiger partial charge in [0.25, 0.3) is 0 Å². The first-order chi connectivity index (χ1) is 5.34. The molecule has 0 aliphatic rings. The Kier molecular flexibility index (Phi) is 3.57. The summed E-state index contributed by atoms with van der Waals surface area (Å²) in [6.07, 6.45) is 0. The maximum absolute atomic E-state index is 8.24. The molecule has 4 heteroatoms. The number of nitrogens with one attached hydrogen (secondary N) is 1. The Labute approximate surface area is 78.0 Å². The Morgan fingerprint density at radius 2 is 2.55 bits per heavy atom. The van der Waals surface area contributed by atoms with Crippen LogP contribution in [0.25, 0.3) is 0 Å². The van der Waals surface area contributed by atoms with Crippen molar-refractivity contribution in [3.8, 4) is 6.07 Å². The monoisotopic (exact) mass is 230 g/mol. The molecule has 0 aliphatic carbocycles. The molecule has 0 saturated heterocycles. The summed E-state index contributed by atoms with van der Waals surface area (Å²) < 4.78 is 1.12. The highest BCUT2D eigenvalue weighted by Gasteiger charge is 1.98. The summed E-state index contributed by atoms with van der Waals surface area (Å²) in [6, 6.07) is 4.04. The minimum absolute atomic E-state index is 0.407. The predicted molar refractivity (Wildman–Crippen MR) is 49.3 cm³/mol. The smallest absolute Gasteiger partial charge is 0.0843 e. The fourth-order valence-corrected chi connectivity index (χ4v) is 2.15. The Hall–Kier alpha value is -0.370. The third-order valence-corrected chi connectivity index (χ3v) is 3.11. The summed E-state index contributed by atoms with van der Waals surface area (Å²) in [7, 11) is 0. The zero-order chi connectivity index (χ0) is 8.10. The lowest BCUT2D eigenvalue weighted by Gasteiger charge is -1.96. The van der Waals surface area contributed by atoms with E-state index < -0.39 is 0 Å². The van der Waals surface area contributed by atoms with Crippen LogP contribution in [-0.4, -0.2) is 6.54 Å². The topological polar surface area (TPSA) is 35.8 Å². The van der Waals surface area contributed by atoms with E-state index >= 15 is 0 Å². The molecule has 1 aromatic heterocycles. The number of hydrogen-bond donors (Lipinski definition) is 1. The Bertz CT molecular complexity index is 264. The minimum Gasteiger partial charge on any atom is -0.299 e. The van der Waals surface area contributed by atoms with Crippen LogP contribution in [0.1, 0.15) is 4.88 Å². The molecule has 0 fully saturated rings. The third kappa shape index (κ3) is 2.62. The molecule has 1 aromatic rings. The Morgan fingerprint density at radius 3 is 3.09 bits per heavy atom. The molecule has 11 heavy (non-hydrogen) atoms. The average Bonchev–Trinajstić information content (AvgIpc) is 2.37. The van der Waals surface area contributed by atoms with Crippen LogP contribution >= 0.6 is 27.3 Å². The van der Waals surface area contributed by atoms with Crippen LogP contribution in [0.4, 0.5) is 0 Å². The second-order valence-electron chi connectivity index (χ2n) is 1.95. The quantitative estimate of drug-likeness (QED) is 0.638. The summed E-state index contributed by atoms with van der Waals surface area (Å²) in [5.74, 6) is 0. The van der Waals surface area contributed by atoms with E-state index in [1.807, 2.05) is 17.5 Å². The van der Waals surface area contributed by atoms with Crippen LogP contribution in [-0.2, 0) is 6.54 Å². The lowest BCUT2D eigenvalue weighted by molar-refractivity contribution is 0.774. The zero-order valence-corrected chi connectivity index (χ0v) is 8.20. The molecule has 1 rings (SSSR count). The van der Waals surface area contributed by atoms with Crippen molar-refractivity contribution < 1.29 is 0 Å². The maximum Gasteiger partial charge on any atom is 0.0843 e. The summed E-state index contributed by atoms with van der Waals surface area (Å²) in [6.45, 7) is 1.18. The highest BCUT2D eigenvalue weighted by Crippen LogP contribution is 2.21. The van der Waals surface area contributed by atoms with Gasteiger partial charge in [-0.2, -0.15) is 5.26 Å². The van der Waals surface area contributed by atoms with Crippen LogP contribution in [0.3, 0.4) is 0 Å². The molecule has 0 spiro atoms. The highest BCUT2D eigenvalue weighted by atomic mass is 79.9. The standard InChI is InChI=1S/C7H7BrN2S/c8-6-1-4-11-7(6)5-10-3-2-9/h1,4,10H,3,5H2. The fraction of sp³-hybridized carbons (Fsp3) is 0.286. The second-order valence-corrected chi connectivity index (χ2v) is 3.81. The number of thiophene rings is 1. The van der Waals surface area contributed by atoms with E-state index in [1.54, 1.807) is 11.3 Å². The first-order valence-electron chi connectivity index (χ1n) is 3.14. The SMILES string of the molecule is N#CCNCc1sccc1Br. The van der Waals surface area contributed by atoms with Gasteiger partial charge < -0.3 is 0 Å². The normalized spacial score (nSPS) is 9.45. The predicted octanol–water partition coefficient (Wildman–Crippen LogP) is 2.12. The third-order valence-electron chi connectivity index (χ3n) is 1.18. The highest BCUT2D eigenvalue weighted by molar-refractivity contribution is 9.10. The van der Waals surface area contributed by atoms with E-state index in [4.69, 9.17) is 5.26 Å². The number of rotatable bonds is 3. The van der Waals surface area contributed by atoms with E-state index in [2.05, 4.69) is 21.2 Å². The van der Waals surface area contributed by atoms with Crippen LogP contribution < -0.4 is 5.32 Å². The van der Waals surface area contributed by atoms with Gasteiger partial charge >= 0.3 is 0 Å². The van der Waals surface area contributed by atoms with Gasteiger partial charge in [0, 0.05) is 15.9 Å². The van der Waals surface area contributed by atoms with Gasteiger partial charge in [-0.15, -0.1) is 11.3 Å². The van der Waals surface area contributed by atoms with Crippen LogP contribution in [0.2, 0.25) is 0 Å². The molecule has 0 unspecified atom stereocenters. The van der Waals surface area contributed by atoms with E-state index in [0.717, 1.165) is 11.0 Å². The number of halogens is 1. The fourth-order valence-electron chi connectivity index (χ4n) is 0.683. The minimum atomic E-state index is 0.407. The van der Waals surface area contributed by atoms with Gasteiger partial charge in [0.05, 0.1) is 12.6 Å². The molecule has 2 nitrogen and oxygen atoms in total. The first-order valence-corrected chi connectivity index (χ1v) is 4.81. The molecule has 0 bridgehead atoms. The largest absolute Gasteiger partial charge is 0.299 e. The van der Waals surface area contributed by atoms with Gasteiger partial charge in [-0.1, -0.05) is 0 Å². The van der Waals surface area contributed by atoms with Crippen molar-refractivity contribution in [2.45, 2.75) is 6.54 Å².